The van der Waals surface area contributed by atoms with Gasteiger partial charge in [-0.25, -0.2) is 8.42 Å². The number of unbranched alkanes of at least 4 members (excludes halogenated alkanes) is 5. The van der Waals surface area contributed by atoms with Crippen molar-refractivity contribution in [3.8, 4) is 5.75 Å². The minimum atomic E-state index is -3.87. The molecule has 0 heterocycles. The van der Waals surface area contributed by atoms with E-state index >= 15 is 0 Å². The number of carbonyl (C=O) groups excluding carboxylic acids is 1. The van der Waals surface area contributed by atoms with Crippen molar-refractivity contribution >= 4 is 44.0 Å². The van der Waals surface area contributed by atoms with Gasteiger partial charge in [-0.15, -0.1) is 0 Å². The van der Waals surface area contributed by atoms with Crippen LogP contribution in [-0.2, 0) is 10.0 Å². The van der Waals surface area contributed by atoms with Crippen molar-refractivity contribution < 1.29 is 18.3 Å². The molecule has 0 radical (unpaired) electrons. The highest BCUT2D eigenvalue weighted by atomic mass is 35.5. The van der Waals surface area contributed by atoms with Crippen molar-refractivity contribution in [3.63, 3.8) is 0 Å². The van der Waals surface area contributed by atoms with Gasteiger partial charge in [0.05, 0.1) is 21.2 Å². The number of benzene rings is 3. The Hall–Kier alpha value is -2.77. The van der Waals surface area contributed by atoms with Crippen LogP contribution >= 0.6 is 11.6 Å². The number of rotatable bonds is 11. The lowest BCUT2D eigenvalue weighted by atomic mass is 10.0. The van der Waals surface area contributed by atoms with E-state index in [-0.39, 0.29) is 26.9 Å². The molecule has 0 unspecified atom stereocenters. The first-order valence-corrected chi connectivity index (χ1v) is 13.4. The normalized spacial score (nSPS) is 11.5. The van der Waals surface area contributed by atoms with Gasteiger partial charge < -0.3 is 10.4 Å². The third kappa shape index (κ3) is 6.21. The highest BCUT2D eigenvalue weighted by molar-refractivity contribution is 7.92. The Bertz CT molecular complexity index is 1260. The number of fused-ring (bicyclic) bond motifs is 1. The Kier molecular flexibility index (Phi) is 8.80. The maximum atomic E-state index is 12.9. The van der Waals surface area contributed by atoms with Crippen LogP contribution in [0.25, 0.3) is 10.8 Å². The van der Waals surface area contributed by atoms with Gasteiger partial charge in [0.1, 0.15) is 5.75 Å². The third-order valence-electron chi connectivity index (χ3n) is 5.72. The fourth-order valence-corrected chi connectivity index (χ4v) is 5.19. The van der Waals surface area contributed by atoms with Crippen LogP contribution < -0.4 is 10.0 Å². The van der Waals surface area contributed by atoms with Gasteiger partial charge in [-0.3, -0.25) is 9.52 Å². The smallest absolute Gasteiger partial charge is 0.261 e. The first-order valence-electron chi connectivity index (χ1n) is 11.6. The second kappa shape index (κ2) is 11.6. The summed E-state index contributed by atoms with van der Waals surface area (Å²) in [7, 11) is -3.87. The molecule has 0 spiro atoms. The molecule has 6 nitrogen and oxygen atoms in total. The molecule has 8 heteroatoms. The van der Waals surface area contributed by atoms with Gasteiger partial charge in [-0.2, -0.15) is 0 Å². The summed E-state index contributed by atoms with van der Waals surface area (Å²) in [5.41, 5.74) is 1.22. The van der Waals surface area contributed by atoms with E-state index in [4.69, 9.17) is 11.6 Å². The van der Waals surface area contributed by atoms with Crippen molar-refractivity contribution in [1.82, 2.24) is 5.32 Å². The molecule has 0 atom stereocenters. The van der Waals surface area contributed by atoms with Crippen LogP contribution in [0.2, 0.25) is 5.02 Å². The second-order valence-corrected chi connectivity index (χ2v) is 10.5. The molecule has 3 aromatic carbocycles. The number of nitrogens with one attached hydrogen (secondary N) is 2. The summed E-state index contributed by atoms with van der Waals surface area (Å²) in [6.07, 6.45) is 6.64. The maximum Gasteiger partial charge on any atom is 0.261 e. The zero-order valence-corrected chi connectivity index (χ0v) is 21.1. The number of hydrogen-bond acceptors (Lipinski definition) is 4. The summed E-state index contributed by atoms with van der Waals surface area (Å²) >= 11 is 6.49. The topological polar surface area (TPSA) is 95.5 Å². The fourth-order valence-electron chi connectivity index (χ4n) is 3.80. The Labute approximate surface area is 206 Å². The number of sulfonamides is 1. The van der Waals surface area contributed by atoms with Crippen molar-refractivity contribution in [2.24, 2.45) is 0 Å². The lowest BCUT2D eigenvalue weighted by molar-refractivity contribution is 0.0950. The van der Waals surface area contributed by atoms with E-state index in [2.05, 4.69) is 17.0 Å². The SMILES string of the molecule is CCCCCCCCNC(=O)c1cc(Cl)c2c(NS(=O)(=O)c3ccc(C)cc3)cccc2c1O. The van der Waals surface area contributed by atoms with Crippen molar-refractivity contribution in [1.29, 1.82) is 0 Å². The first kappa shape index (κ1) is 25.8. The third-order valence-corrected chi connectivity index (χ3v) is 7.40. The Morgan fingerprint density at radius 3 is 2.38 bits per heavy atom. The van der Waals surface area contributed by atoms with Crippen molar-refractivity contribution in [2.45, 2.75) is 57.3 Å². The summed E-state index contributed by atoms with van der Waals surface area (Å²) in [5, 5.41) is 14.4. The van der Waals surface area contributed by atoms with Crippen LogP contribution in [0.5, 0.6) is 5.75 Å². The number of amides is 1. The van der Waals surface area contributed by atoms with E-state index in [1.807, 2.05) is 6.92 Å². The number of carbonyl (C=O) groups is 1. The zero-order valence-electron chi connectivity index (χ0n) is 19.5. The van der Waals surface area contributed by atoms with E-state index in [1.165, 1.54) is 37.5 Å². The van der Waals surface area contributed by atoms with Gasteiger partial charge in [0.25, 0.3) is 15.9 Å². The van der Waals surface area contributed by atoms with Gasteiger partial charge in [-0.05, 0) is 37.6 Å². The molecule has 0 aromatic heterocycles. The van der Waals surface area contributed by atoms with Gasteiger partial charge in [0.15, 0.2) is 0 Å². The molecule has 0 bridgehead atoms. The van der Waals surface area contributed by atoms with Crippen LogP contribution in [0.4, 0.5) is 5.69 Å². The average molecular weight is 503 g/mol. The Morgan fingerprint density at radius 2 is 1.68 bits per heavy atom. The van der Waals surface area contributed by atoms with Gasteiger partial charge in [0, 0.05) is 17.3 Å². The quantitative estimate of drug-likeness (QED) is 0.264. The number of phenols is 1. The van der Waals surface area contributed by atoms with Gasteiger partial charge >= 0.3 is 0 Å². The number of aromatic hydroxyl groups is 1. The molecule has 0 saturated heterocycles. The summed E-state index contributed by atoms with van der Waals surface area (Å²) in [5.74, 6) is -0.656. The fraction of sp³-hybridized carbons (Fsp3) is 0.346. The molecular weight excluding hydrogens is 472 g/mol. The van der Waals surface area contributed by atoms with E-state index < -0.39 is 15.9 Å². The van der Waals surface area contributed by atoms with E-state index in [1.54, 1.807) is 30.3 Å². The number of aryl methyl sites for hydroxylation is 1. The molecule has 0 aliphatic carbocycles. The van der Waals surface area contributed by atoms with Crippen LogP contribution in [0.15, 0.2) is 53.4 Å². The zero-order chi connectivity index (χ0) is 24.7. The molecule has 3 rings (SSSR count). The molecule has 0 fully saturated rings. The van der Waals surface area contributed by atoms with Gasteiger partial charge in [0.2, 0.25) is 0 Å². The minimum Gasteiger partial charge on any atom is -0.506 e. The van der Waals surface area contributed by atoms with Crippen LogP contribution in [0.1, 0.15) is 61.4 Å². The van der Waals surface area contributed by atoms with Crippen molar-refractivity contribution in [2.75, 3.05) is 11.3 Å². The number of halogens is 1. The molecule has 0 aliphatic heterocycles. The standard InChI is InChI=1S/C26H31ClN2O4S/c1-3-4-5-6-7-8-16-28-26(31)21-17-22(27)24-20(25(21)30)10-9-11-23(24)29-34(32,33)19-14-12-18(2)13-15-19/h9-15,17,29-30H,3-8,16H2,1-2H3,(H,28,31). The summed E-state index contributed by atoms with van der Waals surface area (Å²) in [6.45, 7) is 4.55. The van der Waals surface area contributed by atoms with Crippen LogP contribution in [-0.4, -0.2) is 26.0 Å². The number of phenolic OH excluding ortho intramolecular Hbond substituents is 1. The maximum absolute atomic E-state index is 12.9. The van der Waals surface area contributed by atoms with E-state index in [9.17, 15) is 18.3 Å². The number of hydrogen-bond donors (Lipinski definition) is 3. The molecule has 3 N–H and O–H groups in total. The molecule has 1 amide bonds. The average Bonchev–Trinajstić information content (AvgIpc) is 2.80. The van der Waals surface area contributed by atoms with Gasteiger partial charge in [-0.1, -0.05) is 80.5 Å². The summed E-state index contributed by atoms with van der Waals surface area (Å²) in [6, 6.07) is 12.6. The Balaban J connectivity index is 1.80. The predicted octanol–water partition coefficient (Wildman–Crippen LogP) is 6.40. The molecule has 34 heavy (non-hydrogen) atoms. The monoisotopic (exact) mass is 502 g/mol. The van der Waals surface area contributed by atoms with Crippen LogP contribution in [0, 0.1) is 6.92 Å². The highest BCUT2D eigenvalue weighted by Gasteiger charge is 2.21. The molecule has 182 valence electrons. The van der Waals surface area contributed by atoms with E-state index in [0.29, 0.717) is 17.3 Å². The Morgan fingerprint density at radius 1 is 1.00 bits per heavy atom. The molecule has 3 aromatic rings. The lowest BCUT2D eigenvalue weighted by Gasteiger charge is -2.15. The highest BCUT2D eigenvalue weighted by Crippen LogP contribution is 2.39. The van der Waals surface area contributed by atoms with Crippen LogP contribution in [0.3, 0.4) is 0 Å². The number of anilines is 1. The summed E-state index contributed by atoms with van der Waals surface area (Å²) < 4.78 is 28.3. The second-order valence-electron chi connectivity index (χ2n) is 8.42. The first-order chi connectivity index (χ1) is 16.2. The summed E-state index contributed by atoms with van der Waals surface area (Å²) in [4.78, 5) is 12.8. The van der Waals surface area contributed by atoms with Crippen molar-refractivity contribution in [3.05, 3.63) is 64.7 Å². The molecular formula is C26H31ClN2O4S. The minimum absolute atomic E-state index is 0.0574. The largest absolute Gasteiger partial charge is 0.506 e. The predicted molar refractivity (Wildman–Crippen MR) is 138 cm³/mol. The lowest BCUT2D eigenvalue weighted by Crippen LogP contribution is -2.24. The molecule has 0 aliphatic rings. The van der Waals surface area contributed by atoms with E-state index in [0.717, 1.165) is 24.8 Å². The molecule has 0 saturated carbocycles.